The third-order valence-electron chi connectivity index (χ3n) is 6.96. The summed E-state index contributed by atoms with van der Waals surface area (Å²) in [6, 6.07) is 0. The molecule has 4 aliphatic heterocycles. The summed E-state index contributed by atoms with van der Waals surface area (Å²) in [6.45, 7) is 15.6. The van der Waals surface area contributed by atoms with Gasteiger partial charge in [0.05, 0.1) is 18.8 Å². The van der Waals surface area contributed by atoms with Gasteiger partial charge in [-0.05, 0) is 47.5 Å². The van der Waals surface area contributed by atoms with Gasteiger partial charge >= 0.3 is 0 Å². The SMILES string of the molecule is CCCCOC1C(C)O[C@H](OCC2O[C@@H]3OC(C)(C)OC3[C@H]3OC(C)(C)O[C@@H]23)C[C@H]1OCCCC. The lowest BCUT2D eigenvalue weighted by Gasteiger charge is -2.41. The molecule has 9 heteroatoms. The molecule has 0 aromatic rings. The molecular weight excluding hydrogens is 456 g/mol. The minimum absolute atomic E-state index is 0.0751. The van der Waals surface area contributed by atoms with Crippen LogP contribution in [0.1, 0.15) is 80.6 Å². The summed E-state index contributed by atoms with van der Waals surface area (Å²) >= 11 is 0. The highest BCUT2D eigenvalue weighted by Gasteiger charge is 2.60. The van der Waals surface area contributed by atoms with Crippen molar-refractivity contribution in [3.63, 3.8) is 0 Å². The Hall–Kier alpha value is -0.360. The zero-order chi connectivity index (χ0) is 25.2. The first-order chi connectivity index (χ1) is 16.6. The normalized spacial score (nSPS) is 42.1. The van der Waals surface area contributed by atoms with E-state index >= 15 is 0 Å². The average Bonchev–Trinajstić information content (AvgIpc) is 3.27. The number of hydrogen-bond acceptors (Lipinski definition) is 9. The summed E-state index contributed by atoms with van der Waals surface area (Å²) in [5, 5.41) is 0. The second-order valence-corrected chi connectivity index (χ2v) is 11.0. The van der Waals surface area contributed by atoms with Crippen molar-refractivity contribution < 1.29 is 42.6 Å². The summed E-state index contributed by atoms with van der Waals surface area (Å²) in [5.74, 6) is -1.48. The molecule has 0 spiro atoms. The van der Waals surface area contributed by atoms with Crippen molar-refractivity contribution in [1.82, 2.24) is 0 Å². The quantitative estimate of drug-likeness (QED) is 0.391. The van der Waals surface area contributed by atoms with Crippen LogP contribution in [-0.4, -0.2) is 86.7 Å². The van der Waals surface area contributed by atoms with Crippen LogP contribution in [0.25, 0.3) is 0 Å². The predicted octanol–water partition coefficient (Wildman–Crippen LogP) is 3.91. The molecule has 9 nitrogen and oxygen atoms in total. The molecule has 0 aliphatic carbocycles. The first-order valence-electron chi connectivity index (χ1n) is 13.5. The average molecular weight is 503 g/mol. The molecule has 0 amide bonds. The minimum Gasteiger partial charge on any atom is -0.375 e. The Labute approximate surface area is 210 Å². The zero-order valence-electron chi connectivity index (χ0n) is 22.5. The Bertz CT molecular complexity index is 671. The van der Waals surface area contributed by atoms with Crippen molar-refractivity contribution in [3.8, 4) is 0 Å². The number of hydrogen-bond donors (Lipinski definition) is 0. The molecule has 4 unspecified atom stereocenters. The molecule has 4 heterocycles. The highest BCUT2D eigenvalue weighted by Crippen LogP contribution is 2.44. The molecule has 4 rings (SSSR count). The van der Waals surface area contributed by atoms with E-state index in [1.807, 2.05) is 34.6 Å². The molecule has 0 aromatic heterocycles. The largest absolute Gasteiger partial charge is 0.375 e. The Morgan fingerprint density at radius 3 is 2.09 bits per heavy atom. The second kappa shape index (κ2) is 11.6. The Morgan fingerprint density at radius 1 is 0.743 bits per heavy atom. The van der Waals surface area contributed by atoms with Crippen molar-refractivity contribution in [2.45, 2.75) is 147 Å². The maximum absolute atomic E-state index is 6.28. The molecular formula is C26H46O9. The van der Waals surface area contributed by atoms with Gasteiger partial charge in [-0.1, -0.05) is 26.7 Å². The predicted molar refractivity (Wildman–Crippen MR) is 127 cm³/mol. The molecule has 4 saturated heterocycles. The number of unbranched alkanes of at least 4 members (excludes halogenated alkanes) is 2. The van der Waals surface area contributed by atoms with Gasteiger partial charge in [0.15, 0.2) is 24.2 Å². The molecule has 4 aliphatic rings. The van der Waals surface area contributed by atoms with Crippen LogP contribution < -0.4 is 0 Å². The number of fused-ring (bicyclic) bond motifs is 3. The smallest absolute Gasteiger partial charge is 0.190 e. The lowest BCUT2D eigenvalue weighted by Crippen LogP contribution is -2.57. The van der Waals surface area contributed by atoms with Gasteiger partial charge in [-0.15, -0.1) is 0 Å². The fraction of sp³-hybridized carbons (Fsp3) is 1.00. The van der Waals surface area contributed by atoms with Crippen LogP contribution in [0.4, 0.5) is 0 Å². The van der Waals surface area contributed by atoms with Gasteiger partial charge in [0.25, 0.3) is 0 Å². The van der Waals surface area contributed by atoms with Crippen molar-refractivity contribution in [3.05, 3.63) is 0 Å². The molecule has 0 saturated carbocycles. The molecule has 204 valence electrons. The van der Waals surface area contributed by atoms with E-state index in [0.29, 0.717) is 19.6 Å². The summed E-state index contributed by atoms with van der Waals surface area (Å²) in [7, 11) is 0. The van der Waals surface area contributed by atoms with Crippen LogP contribution in [0.3, 0.4) is 0 Å². The van der Waals surface area contributed by atoms with Gasteiger partial charge in [0.2, 0.25) is 0 Å². The van der Waals surface area contributed by atoms with Crippen molar-refractivity contribution in [1.29, 1.82) is 0 Å². The number of ether oxygens (including phenoxy) is 9. The van der Waals surface area contributed by atoms with E-state index in [2.05, 4.69) is 13.8 Å². The molecule has 0 radical (unpaired) electrons. The van der Waals surface area contributed by atoms with Crippen LogP contribution in [0, 0.1) is 0 Å². The van der Waals surface area contributed by atoms with Crippen LogP contribution in [-0.2, 0) is 42.6 Å². The van der Waals surface area contributed by atoms with Crippen molar-refractivity contribution in [2.75, 3.05) is 19.8 Å². The third-order valence-corrected chi connectivity index (χ3v) is 6.96. The van der Waals surface area contributed by atoms with Crippen LogP contribution in [0.2, 0.25) is 0 Å². The summed E-state index contributed by atoms with van der Waals surface area (Å²) in [4.78, 5) is 0. The first kappa shape index (κ1) is 27.7. The van der Waals surface area contributed by atoms with Crippen LogP contribution in [0.5, 0.6) is 0 Å². The van der Waals surface area contributed by atoms with E-state index in [0.717, 1.165) is 25.7 Å². The van der Waals surface area contributed by atoms with E-state index < -0.39 is 24.2 Å². The van der Waals surface area contributed by atoms with E-state index in [1.165, 1.54) is 0 Å². The Kier molecular flexibility index (Phi) is 9.15. The molecule has 0 aromatic carbocycles. The van der Waals surface area contributed by atoms with Gasteiger partial charge in [-0.2, -0.15) is 0 Å². The van der Waals surface area contributed by atoms with Crippen molar-refractivity contribution >= 4 is 0 Å². The monoisotopic (exact) mass is 502 g/mol. The van der Waals surface area contributed by atoms with Crippen LogP contribution >= 0.6 is 0 Å². The summed E-state index contributed by atoms with van der Waals surface area (Å²) in [5.41, 5.74) is 0. The van der Waals surface area contributed by atoms with E-state index in [1.54, 1.807) is 0 Å². The number of rotatable bonds is 11. The highest BCUT2D eigenvalue weighted by atomic mass is 16.9. The fourth-order valence-electron chi connectivity index (χ4n) is 5.28. The maximum Gasteiger partial charge on any atom is 0.190 e. The lowest BCUT2D eigenvalue weighted by molar-refractivity contribution is -0.287. The molecule has 35 heavy (non-hydrogen) atoms. The summed E-state index contributed by atoms with van der Waals surface area (Å²) < 4.78 is 55.7. The highest BCUT2D eigenvalue weighted by molar-refractivity contribution is 5.00. The Balaban J connectivity index is 1.37. The standard InChI is InChI=1S/C26H46O9/c1-8-10-12-27-17-14-19(30-16(3)20(17)28-13-11-9-2)29-15-18-21-22(33-25(4,5)32-21)23-24(31-18)35-26(6,7)34-23/h16-24H,8-15H2,1-7H3/t16?,17-,18?,19+,20?,21+,22+,23?,24-/m1/s1. The molecule has 9 atom stereocenters. The van der Waals surface area contributed by atoms with E-state index in [4.69, 9.17) is 42.6 Å². The van der Waals surface area contributed by atoms with Gasteiger partial charge in [-0.3, -0.25) is 0 Å². The fourth-order valence-corrected chi connectivity index (χ4v) is 5.28. The summed E-state index contributed by atoms with van der Waals surface area (Å²) in [6.07, 6.45) is 2.20. The topological polar surface area (TPSA) is 83.1 Å². The van der Waals surface area contributed by atoms with Gasteiger partial charge < -0.3 is 42.6 Å². The van der Waals surface area contributed by atoms with E-state index in [-0.39, 0.29) is 49.3 Å². The van der Waals surface area contributed by atoms with Crippen molar-refractivity contribution in [2.24, 2.45) is 0 Å². The van der Waals surface area contributed by atoms with E-state index in [9.17, 15) is 0 Å². The molecule has 4 fully saturated rings. The minimum atomic E-state index is -0.747. The zero-order valence-corrected chi connectivity index (χ0v) is 22.5. The van der Waals surface area contributed by atoms with Gasteiger partial charge in [0, 0.05) is 19.6 Å². The third kappa shape index (κ3) is 6.75. The maximum atomic E-state index is 6.28. The van der Waals surface area contributed by atoms with Crippen LogP contribution in [0.15, 0.2) is 0 Å². The second-order valence-electron chi connectivity index (χ2n) is 11.0. The Morgan fingerprint density at radius 2 is 1.37 bits per heavy atom. The lowest BCUT2D eigenvalue weighted by atomic mass is 9.99. The molecule has 0 bridgehead atoms. The molecule has 0 N–H and O–H groups in total. The first-order valence-corrected chi connectivity index (χ1v) is 13.5. The van der Waals surface area contributed by atoms with Gasteiger partial charge in [-0.25, -0.2) is 0 Å². The van der Waals surface area contributed by atoms with Gasteiger partial charge in [0.1, 0.15) is 30.5 Å².